The zero-order valence-electron chi connectivity index (χ0n) is 13.7. The number of amides is 2. The molecule has 130 valence electrons. The van der Waals surface area contributed by atoms with E-state index in [9.17, 15) is 9.59 Å². The summed E-state index contributed by atoms with van der Waals surface area (Å²) in [6.45, 7) is 4.53. The third-order valence-corrected chi connectivity index (χ3v) is 2.98. The van der Waals surface area contributed by atoms with E-state index in [4.69, 9.17) is 4.74 Å². The smallest absolute Gasteiger partial charge is 0.251 e. The molecule has 0 fully saturated rings. The van der Waals surface area contributed by atoms with Crippen LogP contribution in [0.1, 0.15) is 29.3 Å². The maximum atomic E-state index is 11.9. The summed E-state index contributed by atoms with van der Waals surface area (Å²) in [7, 11) is 1.62. The van der Waals surface area contributed by atoms with Gasteiger partial charge in [-0.1, -0.05) is 19.1 Å². The lowest BCUT2D eigenvalue weighted by Gasteiger charge is -2.08. The predicted molar refractivity (Wildman–Crippen MR) is 92.9 cm³/mol. The molecule has 0 saturated heterocycles. The molecule has 1 aromatic rings. The van der Waals surface area contributed by atoms with Gasteiger partial charge in [-0.05, 0) is 24.1 Å². The van der Waals surface area contributed by atoms with E-state index in [1.807, 2.05) is 19.1 Å². The van der Waals surface area contributed by atoms with Crippen molar-refractivity contribution in [2.75, 3.05) is 33.4 Å². The molecule has 0 aliphatic heterocycles. The molecule has 0 aliphatic carbocycles. The molecule has 1 rings (SSSR count). The number of hydrogen-bond donors (Lipinski definition) is 3. The Bertz CT molecular complexity index is 483. The predicted octanol–water partition coefficient (Wildman–Crippen LogP) is 1.10. The Morgan fingerprint density at radius 1 is 1.17 bits per heavy atom. The average Bonchev–Trinajstić information content (AvgIpc) is 2.55. The van der Waals surface area contributed by atoms with Gasteiger partial charge in [-0.3, -0.25) is 9.59 Å². The second kappa shape index (κ2) is 12.9. The second-order valence-corrected chi connectivity index (χ2v) is 4.90. The Hall–Kier alpha value is -1.63. The molecule has 0 saturated carbocycles. The molecule has 0 atom stereocenters. The van der Waals surface area contributed by atoms with Gasteiger partial charge >= 0.3 is 0 Å². The molecular formula is C16H26ClN3O3. The van der Waals surface area contributed by atoms with Crippen LogP contribution in [-0.2, 0) is 16.1 Å². The molecule has 0 unspecified atom stereocenters. The molecule has 0 aromatic heterocycles. The Labute approximate surface area is 143 Å². The lowest BCUT2D eigenvalue weighted by Crippen LogP contribution is -2.34. The average molecular weight is 344 g/mol. The Morgan fingerprint density at radius 3 is 2.65 bits per heavy atom. The summed E-state index contributed by atoms with van der Waals surface area (Å²) >= 11 is 0. The summed E-state index contributed by atoms with van der Waals surface area (Å²) in [5.41, 5.74) is 1.51. The van der Waals surface area contributed by atoms with Crippen LogP contribution in [0.4, 0.5) is 0 Å². The topological polar surface area (TPSA) is 79.5 Å². The molecule has 1 aromatic carbocycles. The SMILES string of the molecule is CCCNC(=O)c1cccc(CNC(=O)CNCCOC)c1.Cl. The van der Waals surface area contributed by atoms with E-state index in [2.05, 4.69) is 16.0 Å². The first-order valence-corrected chi connectivity index (χ1v) is 7.50. The molecule has 3 N–H and O–H groups in total. The van der Waals surface area contributed by atoms with Crippen molar-refractivity contribution >= 4 is 24.2 Å². The van der Waals surface area contributed by atoms with Gasteiger partial charge in [0.05, 0.1) is 13.2 Å². The third-order valence-electron chi connectivity index (χ3n) is 2.98. The number of methoxy groups -OCH3 is 1. The van der Waals surface area contributed by atoms with Crippen molar-refractivity contribution in [2.24, 2.45) is 0 Å². The van der Waals surface area contributed by atoms with E-state index in [1.54, 1.807) is 19.2 Å². The minimum absolute atomic E-state index is 0. The van der Waals surface area contributed by atoms with Gasteiger partial charge in [0, 0.05) is 32.3 Å². The molecule has 0 aliphatic rings. The fraction of sp³-hybridized carbons (Fsp3) is 0.500. The number of rotatable bonds is 10. The van der Waals surface area contributed by atoms with E-state index in [0.29, 0.717) is 31.8 Å². The third kappa shape index (κ3) is 9.18. The fourth-order valence-corrected chi connectivity index (χ4v) is 1.80. The van der Waals surface area contributed by atoms with Gasteiger partial charge in [-0.25, -0.2) is 0 Å². The highest BCUT2D eigenvalue weighted by Crippen LogP contribution is 2.05. The van der Waals surface area contributed by atoms with Gasteiger partial charge in [-0.15, -0.1) is 12.4 Å². The highest BCUT2D eigenvalue weighted by atomic mass is 35.5. The van der Waals surface area contributed by atoms with Crippen LogP contribution >= 0.6 is 12.4 Å². The standard InChI is InChI=1S/C16H25N3O3.ClH/c1-3-7-18-16(21)14-6-4-5-13(10-14)11-19-15(20)12-17-8-9-22-2;/h4-6,10,17H,3,7-9,11-12H2,1-2H3,(H,18,21)(H,19,20);1H. The second-order valence-electron chi connectivity index (χ2n) is 4.90. The molecule has 23 heavy (non-hydrogen) atoms. The van der Waals surface area contributed by atoms with Crippen molar-refractivity contribution in [1.29, 1.82) is 0 Å². The number of carbonyl (C=O) groups excluding carboxylic acids is 2. The van der Waals surface area contributed by atoms with Crippen LogP contribution in [-0.4, -0.2) is 45.2 Å². The van der Waals surface area contributed by atoms with Crippen LogP contribution in [0.25, 0.3) is 0 Å². The zero-order valence-corrected chi connectivity index (χ0v) is 14.5. The quantitative estimate of drug-likeness (QED) is 0.556. The summed E-state index contributed by atoms with van der Waals surface area (Å²) < 4.78 is 4.88. The maximum Gasteiger partial charge on any atom is 0.251 e. The van der Waals surface area contributed by atoms with Gasteiger partial charge in [0.1, 0.15) is 0 Å². The summed E-state index contributed by atoms with van der Waals surface area (Å²) in [6, 6.07) is 7.26. The lowest BCUT2D eigenvalue weighted by atomic mass is 10.1. The van der Waals surface area contributed by atoms with E-state index >= 15 is 0 Å². The highest BCUT2D eigenvalue weighted by Gasteiger charge is 2.06. The van der Waals surface area contributed by atoms with Crippen LogP contribution in [0.3, 0.4) is 0 Å². The van der Waals surface area contributed by atoms with Crippen molar-refractivity contribution in [3.05, 3.63) is 35.4 Å². The summed E-state index contributed by atoms with van der Waals surface area (Å²) in [5, 5.41) is 8.62. The van der Waals surface area contributed by atoms with Crippen LogP contribution in [0.15, 0.2) is 24.3 Å². The monoisotopic (exact) mass is 343 g/mol. The molecule has 0 bridgehead atoms. The molecular weight excluding hydrogens is 318 g/mol. The van der Waals surface area contributed by atoms with Crippen molar-refractivity contribution in [3.63, 3.8) is 0 Å². The first-order valence-electron chi connectivity index (χ1n) is 7.50. The fourth-order valence-electron chi connectivity index (χ4n) is 1.80. The van der Waals surface area contributed by atoms with Crippen molar-refractivity contribution in [1.82, 2.24) is 16.0 Å². The molecule has 7 heteroatoms. The van der Waals surface area contributed by atoms with Crippen LogP contribution < -0.4 is 16.0 Å². The van der Waals surface area contributed by atoms with Gasteiger partial charge in [0.25, 0.3) is 5.91 Å². The lowest BCUT2D eigenvalue weighted by molar-refractivity contribution is -0.120. The minimum atomic E-state index is -0.0868. The number of carbonyl (C=O) groups is 2. The number of hydrogen-bond acceptors (Lipinski definition) is 4. The van der Waals surface area contributed by atoms with Crippen molar-refractivity contribution < 1.29 is 14.3 Å². The normalized spacial score (nSPS) is 9.83. The highest BCUT2D eigenvalue weighted by molar-refractivity contribution is 5.94. The molecule has 0 radical (unpaired) electrons. The van der Waals surface area contributed by atoms with E-state index in [1.165, 1.54) is 0 Å². The number of benzene rings is 1. The first-order chi connectivity index (χ1) is 10.7. The van der Waals surface area contributed by atoms with Gasteiger partial charge in [-0.2, -0.15) is 0 Å². The largest absolute Gasteiger partial charge is 0.383 e. The van der Waals surface area contributed by atoms with Gasteiger partial charge in [0.15, 0.2) is 0 Å². The van der Waals surface area contributed by atoms with Crippen LogP contribution in [0, 0.1) is 0 Å². The van der Waals surface area contributed by atoms with Gasteiger partial charge < -0.3 is 20.7 Å². The summed E-state index contributed by atoms with van der Waals surface area (Å²) in [5.74, 6) is -0.173. The van der Waals surface area contributed by atoms with Crippen LogP contribution in [0.5, 0.6) is 0 Å². The summed E-state index contributed by atoms with van der Waals surface area (Å²) in [6.07, 6.45) is 0.900. The Morgan fingerprint density at radius 2 is 1.96 bits per heavy atom. The van der Waals surface area contributed by atoms with E-state index in [0.717, 1.165) is 12.0 Å². The maximum absolute atomic E-state index is 11.9. The minimum Gasteiger partial charge on any atom is -0.383 e. The van der Waals surface area contributed by atoms with E-state index < -0.39 is 0 Å². The number of halogens is 1. The van der Waals surface area contributed by atoms with E-state index in [-0.39, 0.29) is 30.8 Å². The Kier molecular flexibility index (Phi) is 12.0. The first kappa shape index (κ1) is 21.4. The van der Waals surface area contributed by atoms with Crippen LogP contribution in [0.2, 0.25) is 0 Å². The Balaban J connectivity index is 0.00000484. The molecule has 0 heterocycles. The zero-order chi connectivity index (χ0) is 16.2. The van der Waals surface area contributed by atoms with Crippen molar-refractivity contribution in [3.8, 4) is 0 Å². The van der Waals surface area contributed by atoms with Gasteiger partial charge in [0.2, 0.25) is 5.91 Å². The molecule has 2 amide bonds. The number of nitrogens with one attached hydrogen (secondary N) is 3. The molecule has 0 spiro atoms. The molecule has 6 nitrogen and oxygen atoms in total. The van der Waals surface area contributed by atoms with Crippen molar-refractivity contribution in [2.45, 2.75) is 19.9 Å². The number of ether oxygens (including phenoxy) is 1. The summed E-state index contributed by atoms with van der Waals surface area (Å²) in [4.78, 5) is 23.5.